The van der Waals surface area contributed by atoms with Gasteiger partial charge in [0, 0.05) is 19.1 Å². The molecule has 3 fully saturated rings. The fourth-order valence-electron chi connectivity index (χ4n) is 4.04. The van der Waals surface area contributed by atoms with E-state index in [4.69, 9.17) is 0 Å². The molecule has 2 saturated heterocycles. The summed E-state index contributed by atoms with van der Waals surface area (Å²) in [5.41, 5.74) is 0.765. The fourth-order valence-corrected chi connectivity index (χ4v) is 4.04. The number of nitrogens with one attached hydrogen (secondary N) is 1. The molecule has 2 heterocycles. The van der Waals surface area contributed by atoms with E-state index in [2.05, 4.69) is 10.2 Å². The van der Waals surface area contributed by atoms with E-state index in [1.54, 1.807) is 0 Å². The molecule has 3 rings (SSSR count). The lowest BCUT2D eigenvalue weighted by Gasteiger charge is -2.54. The summed E-state index contributed by atoms with van der Waals surface area (Å²) in [6, 6.07) is 0.912. The average Bonchev–Trinajstić information content (AvgIpc) is 2.53. The molecule has 0 unspecified atom stereocenters. The fraction of sp³-hybridized carbons (Fsp3) is 1.00. The van der Waals surface area contributed by atoms with E-state index in [0.29, 0.717) is 0 Å². The van der Waals surface area contributed by atoms with Crippen molar-refractivity contribution in [2.45, 2.75) is 57.4 Å². The number of nitrogens with zero attached hydrogens (tertiary/aromatic N) is 1. The number of hydrogen-bond acceptors (Lipinski definition) is 2. The molecular formula is C14H26N2. The van der Waals surface area contributed by atoms with Crippen LogP contribution < -0.4 is 5.32 Å². The molecule has 0 aromatic heterocycles. The highest BCUT2D eigenvalue weighted by atomic mass is 15.2. The molecule has 0 aromatic rings. The predicted octanol–water partition coefficient (Wildman–Crippen LogP) is 2.39. The van der Waals surface area contributed by atoms with Gasteiger partial charge in [-0.1, -0.05) is 25.7 Å². The van der Waals surface area contributed by atoms with Gasteiger partial charge in [0.2, 0.25) is 0 Å². The first-order valence-corrected chi connectivity index (χ1v) is 7.33. The van der Waals surface area contributed by atoms with Crippen LogP contribution in [-0.2, 0) is 0 Å². The van der Waals surface area contributed by atoms with Crippen LogP contribution in [0, 0.1) is 5.41 Å². The van der Waals surface area contributed by atoms with Crippen LogP contribution in [0.1, 0.15) is 51.4 Å². The Hall–Kier alpha value is -0.0800. The second-order valence-electron chi connectivity index (χ2n) is 6.30. The van der Waals surface area contributed by atoms with Crippen molar-refractivity contribution in [2.24, 2.45) is 5.41 Å². The molecule has 1 N–H and O–H groups in total. The van der Waals surface area contributed by atoms with Crippen LogP contribution in [0.4, 0.5) is 0 Å². The normalized spacial score (nSPS) is 32.2. The number of hydrogen-bond donors (Lipinski definition) is 1. The van der Waals surface area contributed by atoms with Crippen molar-refractivity contribution >= 4 is 0 Å². The topological polar surface area (TPSA) is 15.3 Å². The maximum absolute atomic E-state index is 3.47. The maximum atomic E-state index is 3.47. The SMILES string of the molecule is C1CCCC2(CC1)CN(C1CCNCC1)C2. The van der Waals surface area contributed by atoms with Gasteiger partial charge in [0.1, 0.15) is 0 Å². The van der Waals surface area contributed by atoms with E-state index in [1.165, 1.54) is 77.5 Å². The van der Waals surface area contributed by atoms with Crippen molar-refractivity contribution in [2.75, 3.05) is 26.2 Å². The third-order valence-corrected chi connectivity index (χ3v) is 5.07. The summed E-state index contributed by atoms with van der Waals surface area (Å²) >= 11 is 0. The molecule has 0 atom stereocenters. The van der Waals surface area contributed by atoms with E-state index in [-0.39, 0.29) is 0 Å². The summed E-state index contributed by atoms with van der Waals surface area (Å²) < 4.78 is 0. The van der Waals surface area contributed by atoms with Crippen LogP contribution >= 0.6 is 0 Å². The number of rotatable bonds is 1. The van der Waals surface area contributed by atoms with E-state index >= 15 is 0 Å². The lowest BCUT2D eigenvalue weighted by Crippen LogP contribution is -2.61. The van der Waals surface area contributed by atoms with E-state index in [9.17, 15) is 0 Å². The van der Waals surface area contributed by atoms with Gasteiger partial charge in [0.15, 0.2) is 0 Å². The molecule has 0 amide bonds. The molecule has 2 heteroatoms. The van der Waals surface area contributed by atoms with Crippen LogP contribution in [0.15, 0.2) is 0 Å². The van der Waals surface area contributed by atoms with Crippen LogP contribution in [0.5, 0.6) is 0 Å². The summed E-state index contributed by atoms with van der Waals surface area (Å²) in [5, 5.41) is 3.47. The van der Waals surface area contributed by atoms with Crippen LogP contribution in [0.3, 0.4) is 0 Å². The van der Waals surface area contributed by atoms with Gasteiger partial charge in [-0.3, -0.25) is 4.90 Å². The molecule has 1 aliphatic carbocycles. The van der Waals surface area contributed by atoms with Gasteiger partial charge in [0.05, 0.1) is 0 Å². The molecule has 3 aliphatic rings. The van der Waals surface area contributed by atoms with Crippen molar-refractivity contribution in [3.63, 3.8) is 0 Å². The Bertz CT molecular complexity index is 217. The highest BCUT2D eigenvalue weighted by Gasteiger charge is 2.44. The van der Waals surface area contributed by atoms with Crippen molar-refractivity contribution < 1.29 is 0 Å². The molecular weight excluding hydrogens is 196 g/mol. The minimum Gasteiger partial charge on any atom is -0.317 e. The van der Waals surface area contributed by atoms with Crippen molar-refractivity contribution in [1.82, 2.24) is 10.2 Å². The molecule has 2 aliphatic heterocycles. The van der Waals surface area contributed by atoms with Gasteiger partial charge in [0.25, 0.3) is 0 Å². The summed E-state index contributed by atoms with van der Waals surface area (Å²) in [7, 11) is 0. The van der Waals surface area contributed by atoms with Gasteiger partial charge in [-0.15, -0.1) is 0 Å². The second kappa shape index (κ2) is 4.66. The zero-order chi connectivity index (χ0) is 10.8. The predicted molar refractivity (Wildman–Crippen MR) is 67.6 cm³/mol. The van der Waals surface area contributed by atoms with Gasteiger partial charge in [-0.05, 0) is 44.2 Å². The van der Waals surface area contributed by atoms with Crippen LogP contribution in [0.2, 0.25) is 0 Å². The molecule has 0 radical (unpaired) electrons. The monoisotopic (exact) mass is 222 g/mol. The maximum Gasteiger partial charge on any atom is 0.0120 e. The highest BCUT2D eigenvalue weighted by Crippen LogP contribution is 2.44. The third-order valence-electron chi connectivity index (χ3n) is 5.07. The Morgan fingerprint density at radius 3 is 2.12 bits per heavy atom. The summed E-state index contributed by atoms with van der Waals surface area (Å²) in [4.78, 5) is 2.78. The molecule has 16 heavy (non-hydrogen) atoms. The quantitative estimate of drug-likeness (QED) is 0.733. The smallest absolute Gasteiger partial charge is 0.0120 e. The Morgan fingerprint density at radius 1 is 0.875 bits per heavy atom. The zero-order valence-corrected chi connectivity index (χ0v) is 10.5. The minimum atomic E-state index is 0.765. The van der Waals surface area contributed by atoms with E-state index in [1.807, 2.05) is 0 Å². The van der Waals surface area contributed by atoms with Crippen LogP contribution in [-0.4, -0.2) is 37.1 Å². The lowest BCUT2D eigenvalue weighted by atomic mass is 9.72. The molecule has 0 bridgehead atoms. The Kier molecular flexibility index (Phi) is 3.21. The first-order chi connectivity index (χ1) is 7.88. The van der Waals surface area contributed by atoms with Crippen LogP contribution in [0.25, 0.3) is 0 Å². The molecule has 1 saturated carbocycles. The number of likely N-dealkylation sites (tertiary alicyclic amines) is 1. The van der Waals surface area contributed by atoms with Gasteiger partial charge in [-0.2, -0.15) is 0 Å². The van der Waals surface area contributed by atoms with Crippen molar-refractivity contribution in [3.8, 4) is 0 Å². The first-order valence-electron chi connectivity index (χ1n) is 7.33. The molecule has 92 valence electrons. The summed E-state index contributed by atoms with van der Waals surface area (Å²) in [6.07, 6.45) is 11.8. The third kappa shape index (κ3) is 2.14. The molecule has 1 spiro atoms. The Morgan fingerprint density at radius 2 is 1.50 bits per heavy atom. The Labute approximate surface area is 99.8 Å². The second-order valence-corrected chi connectivity index (χ2v) is 6.30. The summed E-state index contributed by atoms with van der Waals surface area (Å²) in [6.45, 7) is 5.34. The zero-order valence-electron chi connectivity index (χ0n) is 10.5. The first kappa shape index (κ1) is 11.0. The van der Waals surface area contributed by atoms with Crippen molar-refractivity contribution in [1.29, 1.82) is 0 Å². The lowest BCUT2D eigenvalue weighted by molar-refractivity contribution is -0.0487. The highest BCUT2D eigenvalue weighted by molar-refractivity contribution is 4.98. The van der Waals surface area contributed by atoms with Gasteiger partial charge < -0.3 is 5.32 Å². The van der Waals surface area contributed by atoms with Gasteiger partial charge >= 0.3 is 0 Å². The van der Waals surface area contributed by atoms with E-state index in [0.717, 1.165) is 11.5 Å². The Balaban J connectivity index is 1.52. The van der Waals surface area contributed by atoms with Gasteiger partial charge in [-0.25, -0.2) is 0 Å². The average molecular weight is 222 g/mol. The largest absolute Gasteiger partial charge is 0.317 e. The van der Waals surface area contributed by atoms with E-state index < -0.39 is 0 Å². The van der Waals surface area contributed by atoms with Crippen molar-refractivity contribution in [3.05, 3.63) is 0 Å². The molecule has 2 nitrogen and oxygen atoms in total. The minimum absolute atomic E-state index is 0.765. The standard InChI is InChI=1S/C14H26N2/c1-2-4-8-14(7-3-1)11-16(12-14)13-5-9-15-10-6-13/h13,15H,1-12H2. The molecule has 0 aromatic carbocycles. The summed E-state index contributed by atoms with van der Waals surface area (Å²) in [5.74, 6) is 0. The number of piperidine rings is 1.